The molecule has 0 spiro atoms. The number of piperazine rings is 1. The second-order valence-corrected chi connectivity index (χ2v) is 7.79. The number of hydrogen-bond acceptors (Lipinski definition) is 6. The van der Waals surface area contributed by atoms with Crippen LogP contribution in [0, 0.1) is 0 Å². The zero-order chi connectivity index (χ0) is 21.5. The Balaban J connectivity index is 0.00000289. The van der Waals surface area contributed by atoms with Crippen LogP contribution in [-0.2, 0) is 4.79 Å². The van der Waals surface area contributed by atoms with E-state index in [1.54, 1.807) is 19.4 Å². The number of carbonyl (C=O) groups excluding carboxylic acids is 1. The molecule has 2 aromatic rings. The number of hydrogen-bond donors (Lipinski definition) is 3. The van der Waals surface area contributed by atoms with Crippen LogP contribution in [0.5, 0.6) is 0 Å². The van der Waals surface area contributed by atoms with Crippen LogP contribution in [0.1, 0.15) is 17.9 Å². The third kappa shape index (κ3) is 6.28. The van der Waals surface area contributed by atoms with Gasteiger partial charge in [0.25, 0.3) is 0 Å². The fourth-order valence-electron chi connectivity index (χ4n) is 4.08. The molecule has 172 valence electrons. The van der Waals surface area contributed by atoms with E-state index in [0.717, 1.165) is 56.9 Å². The number of benzene rings is 1. The number of aliphatic imine (C=N–C) groups is 1. The molecule has 0 radical (unpaired) electrons. The van der Waals surface area contributed by atoms with Crippen molar-refractivity contribution in [1.29, 1.82) is 0 Å². The van der Waals surface area contributed by atoms with Gasteiger partial charge in [0, 0.05) is 83.3 Å². The van der Waals surface area contributed by atoms with Crippen molar-refractivity contribution in [1.82, 2.24) is 25.5 Å². The maximum Gasteiger partial charge on any atom is 0.225 e. The van der Waals surface area contributed by atoms with Crippen LogP contribution in [0.2, 0.25) is 0 Å². The van der Waals surface area contributed by atoms with E-state index in [1.165, 1.54) is 5.56 Å². The summed E-state index contributed by atoms with van der Waals surface area (Å²) in [5.74, 6) is 1.77. The van der Waals surface area contributed by atoms with Crippen molar-refractivity contribution in [3.05, 3.63) is 48.3 Å². The summed E-state index contributed by atoms with van der Waals surface area (Å²) in [6, 6.07) is 9.84. The number of para-hydroxylation sites is 1. The third-order valence-electron chi connectivity index (χ3n) is 5.77. The first-order valence-corrected chi connectivity index (χ1v) is 10.8. The Bertz CT molecular complexity index is 902. The summed E-state index contributed by atoms with van der Waals surface area (Å²) in [6.45, 7) is 6.25. The number of rotatable bonds is 6. The lowest BCUT2D eigenvalue weighted by molar-refractivity contribution is -0.116. The summed E-state index contributed by atoms with van der Waals surface area (Å²) in [5.41, 5.74) is 2.08. The second-order valence-electron chi connectivity index (χ2n) is 7.79. The minimum atomic E-state index is 0. The Morgan fingerprint density at radius 2 is 1.88 bits per heavy atom. The predicted octanol–water partition coefficient (Wildman–Crippen LogP) is 1.51. The van der Waals surface area contributed by atoms with Gasteiger partial charge >= 0.3 is 0 Å². The van der Waals surface area contributed by atoms with E-state index < -0.39 is 0 Å². The Morgan fingerprint density at radius 1 is 1.12 bits per heavy atom. The molecule has 1 unspecified atom stereocenters. The van der Waals surface area contributed by atoms with Crippen LogP contribution in [0.15, 0.2) is 47.7 Å². The molecule has 2 aliphatic heterocycles. The Kier molecular flexibility index (Phi) is 9.03. The number of anilines is 2. The molecular formula is C22H31IN8O. The molecule has 1 atom stereocenters. The van der Waals surface area contributed by atoms with Gasteiger partial charge in [-0.05, 0) is 17.7 Å². The van der Waals surface area contributed by atoms with Crippen molar-refractivity contribution in [3.8, 4) is 0 Å². The van der Waals surface area contributed by atoms with Gasteiger partial charge in [-0.15, -0.1) is 24.0 Å². The second kappa shape index (κ2) is 12.0. The van der Waals surface area contributed by atoms with Crippen LogP contribution in [0.4, 0.5) is 11.6 Å². The summed E-state index contributed by atoms with van der Waals surface area (Å²) in [4.78, 5) is 29.7. The third-order valence-corrected chi connectivity index (χ3v) is 5.77. The summed E-state index contributed by atoms with van der Waals surface area (Å²) in [7, 11) is 1.77. The van der Waals surface area contributed by atoms with E-state index in [1.807, 2.05) is 24.3 Å². The first-order chi connectivity index (χ1) is 15.2. The molecule has 1 amide bonds. The monoisotopic (exact) mass is 550 g/mol. The summed E-state index contributed by atoms with van der Waals surface area (Å²) in [6.07, 6.45) is 4.06. The standard InChI is InChI=1S/C22H30N8O.HI/c1-23-21(27-16-17-15-20(31)28-19-6-3-2-5-18(17)19)24-9-10-29-11-13-30(14-12-29)22-25-7-4-8-26-22;/h2-8,17H,9-16H2,1H3,(H,28,31)(H2,23,24,27);1H. The van der Waals surface area contributed by atoms with Crippen LogP contribution >= 0.6 is 24.0 Å². The molecule has 0 bridgehead atoms. The fraction of sp³-hybridized carbons (Fsp3) is 0.455. The zero-order valence-corrected chi connectivity index (χ0v) is 20.7. The molecule has 3 N–H and O–H groups in total. The van der Waals surface area contributed by atoms with Gasteiger partial charge in [0.2, 0.25) is 11.9 Å². The van der Waals surface area contributed by atoms with Crippen LogP contribution in [0.25, 0.3) is 0 Å². The van der Waals surface area contributed by atoms with Gasteiger partial charge in [-0.1, -0.05) is 18.2 Å². The maximum absolute atomic E-state index is 12.0. The van der Waals surface area contributed by atoms with Crippen molar-refractivity contribution in [2.75, 3.05) is 63.1 Å². The molecule has 10 heteroatoms. The van der Waals surface area contributed by atoms with Crippen LogP contribution < -0.4 is 20.9 Å². The molecular weight excluding hydrogens is 519 g/mol. The molecule has 1 saturated heterocycles. The van der Waals surface area contributed by atoms with Crippen molar-refractivity contribution >= 4 is 47.5 Å². The van der Waals surface area contributed by atoms with Gasteiger partial charge in [-0.2, -0.15) is 0 Å². The molecule has 32 heavy (non-hydrogen) atoms. The van der Waals surface area contributed by atoms with Crippen molar-refractivity contribution < 1.29 is 4.79 Å². The molecule has 0 aliphatic carbocycles. The molecule has 3 heterocycles. The van der Waals surface area contributed by atoms with Gasteiger partial charge in [0.05, 0.1) is 0 Å². The van der Waals surface area contributed by atoms with E-state index in [9.17, 15) is 4.79 Å². The summed E-state index contributed by atoms with van der Waals surface area (Å²) in [5, 5.41) is 9.72. The van der Waals surface area contributed by atoms with Gasteiger partial charge < -0.3 is 20.9 Å². The molecule has 0 saturated carbocycles. The van der Waals surface area contributed by atoms with E-state index in [2.05, 4.69) is 46.8 Å². The summed E-state index contributed by atoms with van der Waals surface area (Å²) >= 11 is 0. The van der Waals surface area contributed by atoms with Crippen molar-refractivity contribution in [2.24, 2.45) is 4.99 Å². The number of fused-ring (bicyclic) bond motifs is 1. The first kappa shape index (κ1) is 24.2. The quantitative estimate of drug-likeness (QED) is 0.285. The van der Waals surface area contributed by atoms with Crippen LogP contribution in [-0.4, -0.2) is 79.6 Å². The lowest BCUT2D eigenvalue weighted by Gasteiger charge is -2.34. The van der Waals surface area contributed by atoms with Gasteiger partial charge in [-0.25, -0.2) is 9.97 Å². The predicted molar refractivity (Wildman–Crippen MR) is 138 cm³/mol. The highest BCUT2D eigenvalue weighted by Crippen LogP contribution is 2.31. The lowest BCUT2D eigenvalue weighted by atomic mass is 9.90. The maximum atomic E-state index is 12.0. The molecule has 9 nitrogen and oxygen atoms in total. The highest BCUT2D eigenvalue weighted by molar-refractivity contribution is 14.0. The van der Waals surface area contributed by atoms with E-state index in [4.69, 9.17) is 0 Å². The number of guanidine groups is 1. The smallest absolute Gasteiger partial charge is 0.225 e. The summed E-state index contributed by atoms with van der Waals surface area (Å²) < 4.78 is 0. The van der Waals surface area contributed by atoms with Gasteiger partial charge in [0.15, 0.2) is 5.96 Å². The number of aromatic nitrogens is 2. The van der Waals surface area contributed by atoms with Gasteiger partial charge in [-0.3, -0.25) is 14.7 Å². The number of halogens is 1. The fourth-order valence-corrected chi connectivity index (χ4v) is 4.08. The van der Waals surface area contributed by atoms with Crippen LogP contribution in [0.3, 0.4) is 0 Å². The number of carbonyl (C=O) groups is 1. The highest BCUT2D eigenvalue weighted by Gasteiger charge is 2.25. The van der Waals surface area contributed by atoms with E-state index >= 15 is 0 Å². The lowest BCUT2D eigenvalue weighted by Crippen LogP contribution is -2.50. The Labute approximate surface area is 206 Å². The number of nitrogens with one attached hydrogen (secondary N) is 3. The van der Waals surface area contributed by atoms with Crippen molar-refractivity contribution in [2.45, 2.75) is 12.3 Å². The van der Waals surface area contributed by atoms with E-state index in [0.29, 0.717) is 13.0 Å². The Hall–Kier alpha value is -2.47. The van der Waals surface area contributed by atoms with E-state index in [-0.39, 0.29) is 35.8 Å². The normalized spacial score (nSPS) is 18.9. The average Bonchev–Trinajstić information content (AvgIpc) is 2.82. The number of amides is 1. The molecule has 1 fully saturated rings. The zero-order valence-electron chi connectivity index (χ0n) is 18.3. The number of nitrogens with zero attached hydrogens (tertiary/aromatic N) is 5. The topological polar surface area (TPSA) is 97.8 Å². The minimum Gasteiger partial charge on any atom is -0.356 e. The Morgan fingerprint density at radius 3 is 2.62 bits per heavy atom. The molecule has 4 rings (SSSR count). The molecule has 2 aliphatic rings. The highest BCUT2D eigenvalue weighted by atomic mass is 127. The van der Waals surface area contributed by atoms with Crippen molar-refractivity contribution in [3.63, 3.8) is 0 Å². The minimum absolute atomic E-state index is 0. The average molecular weight is 550 g/mol. The molecule has 1 aromatic heterocycles. The largest absolute Gasteiger partial charge is 0.356 e. The first-order valence-electron chi connectivity index (χ1n) is 10.8. The SMILES string of the molecule is CN=C(NCCN1CCN(c2ncccn2)CC1)NCC1CC(=O)Nc2ccccc21.I. The molecule has 1 aromatic carbocycles. The van der Waals surface area contributed by atoms with Gasteiger partial charge in [0.1, 0.15) is 0 Å².